The maximum atomic E-state index is 11.4. The zero-order chi connectivity index (χ0) is 16.1. The fraction of sp³-hybridized carbons (Fsp3) is 0.143. The van der Waals surface area contributed by atoms with Gasteiger partial charge in [0.1, 0.15) is 0 Å². The largest absolute Gasteiger partial charge is 0.356 e. The Labute approximate surface area is 125 Å². The van der Waals surface area contributed by atoms with Crippen LogP contribution in [0.1, 0.15) is 6.92 Å². The number of rotatable bonds is 3. The molecule has 7 nitrogen and oxygen atoms in total. The highest BCUT2D eigenvalue weighted by Gasteiger charge is 2.20. The molecule has 0 aliphatic heterocycles. The van der Waals surface area contributed by atoms with Crippen molar-refractivity contribution in [2.75, 3.05) is 0 Å². The van der Waals surface area contributed by atoms with E-state index in [-0.39, 0.29) is 11.0 Å². The molecular formula is C14H13N2O5P. The van der Waals surface area contributed by atoms with Gasteiger partial charge >= 0.3 is 7.60 Å². The molecule has 3 rings (SSSR count). The third-order valence-corrected chi connectivity index (χ3v) is 4.65. The van der Waals surface area contributed by atoms with Gasteiger partial charge in [-0.25, -0.2) is 0 Å². The van der Waals surface area contributed by atoms with Crippen LogP contribution in [0.4, 0.5) is 5.69 Å². The molecule has 2 aromatic carbocycles. The number of fused-ring (bicyclic) bond motifs is 3. The molecule has 114 valence electrons. The average Bonchev–Trinajstić information content (AvgIpc) is 2.78. The fourth-order valence-corrected chi connectivity index (χ4v) is 3.28. The lowest BCUT2D eigenvalue weighted by Crippen LogP contribution is -2.03. The second kappa shape index (κ2) is 4.91. The topological polar surface area (TPSA) is 106 Å². The van der Waals surface area contributed by atoms with Crippen molar-refractivity contribution in [3.63, 3.8) is 0 Å². The molecule has 0 saturated heterocycles. The minimum atomic E-state index is -4.37. The van der Waals surface area contributed by atoms with E-state index in [0.717, 1.165) is 11.0 Å². The first-order valence-electron chi connectivity index (χ1n) is 6.59. The highest BCUT2D eigenvalue weighted by atomic mass is 31.2. The predicted octanol–water partition coefficient (Wildman–Crippen LogP) is 2.53. The van der Waals surface area contributed by atoms with Crippen LogP contribution >= 0.6 is 7.60 Å². The van der Waals surface area contributed by atoms with Gasteiger partial charge < -0.3 is 14.4 Å². The summed E-state index contributed by atoms with van der Waals surface area (Å²) in [6.07, 6.45) is 0. The second-order valence-corrected chi connectivity index (χ2v) is 6.55. The maximum absolute atomic E-state index is 11.4. The Bertz CT molecular complexity index is 957. The molecule has 0 unspecified atom stereocenters. The van der Waals surface area contributed by atoms with Crippen LogP contribution in [-0.2, 0) is 11.1 Å². The van der Waals surface area contributed by atoms with Crippen molar-refractivity contribution >= 4 is 40.4 Å². The van der Waals surface area contributed by atoms with Gasteiger partial charge in [0.2, 0.25) is 0 Å². The van der Waals surface area contributed by atoms with Crippen LogP contribution < -0.4 is 5.30 Å². The first kappa shape index (κ1) is 14.7. The van der Waals surface area contributed by atoms with E-state index in [1.807, 2.05) is 11.5 Å². The number of aryl methyl sites for hydroxylation is 1. The number of nitro groups is 1. The van der Waals surface area contributed by atoms with Gasteiger partial charge in [0.25, 0.3) is 5.69 Å². The second-order valence-electron chi connectivity index (χ2n) is 4.95. The van der Waals surface area contributed by atoms with E-state index < -0.39 is 12.5 Å². The lowest BCUT2D eigenvalue weighted by molar-refractivity contribution is -0.384. The van der Waals surface area contributed by atoms with Gasteiger partial charge in [-0.15, -0.1) is 0 Å². The van der Waals surface area contributed by atoms with Gasteiger partial charge in [0.15, 0.2) is 0 Å². The summed E-state index contributed by atoms with van der Waals surface area (Å²) < 4.78 is 13.4. The van der Waals surface area contributed by atoms with E-state index in [0.29, 0.717) is 17.3 Å². The number of aromatic nitrogens is 1. The quantitative estimate of drug-likeness (QED) is 0.438. The summed E-state index contributed by atoms with van der Waals surface area (Å²) in [7, 11) is -4.37. The van der Waals surface area contributed by atoms with E-state index in [4.69, 9.17) is 0 Å². The Morgan fingerprint density at radius 3 is 2.27 bits per heavy atom. The number of nitro benzene ring substituents is 1. The van der Waals surface area contributed by atoms with Crippen molar-refractivity contribution in [3.8, 4) is 0 Å². The lowest BCUT2D eigenvalue weighted by Gasteiger charge is -2.05. The smallest absolute Gasteiger partial charge is 0.341 e. The zero-order valence-electron chi connectivity index (χ0n) is 11.6. The molecule has 1 heterocycles. The van der Waals surface area contributed by atoms with Crippen molar-refractivity contribution < 1.29 is 19.3 Å². The van der Waals surface area contributed by atoms with Crippen LogP contribution in [-0.4, -0.2) is 19.3 Å². The number of nitrogens with zero attached hydrogens (tertiary/aromatic N) is 2. The monoisotopic (exact) mass is 320 g/mol. The van der Waals surface area contributed by atoms with Crippen molar-refractivity contribution in [2.45, 2.75) is 13.5 Å². The first-order chi connectivity index (χ1) is 10.3. The molecule has 0 fully saturated rings. The van der Waals surface area contributed by atoms with Gasteiger partial charge in [-0.05, 0) is 31.2 Å². The molecule has 3 aromatic rings. The third kappa shape index (κ3) is 2.20. The molecule has 1 aromatic heterocycles. The van der Waals surface area contributed by atoms with Crippen LogP contribution in [0.25, 0.3) is 21.8 Å². The molecule has 8 heteroatoms. The van der Waals surface area contributed by atoms with E-state index >= 15 is 0 Å². The number of hydrogen-bond acceptors (Lipinski definition) is 3. The van der Waals surface area contributed by atoms with Crippen LogP contribution in [0.15, 0.2) is 36.4 Å². The molecule has 0 aliphatic rings. The lowest BCUT2D eigenvalue weighted by atomic mass is 10.1. The maximum Gasteiger partial charge on any atom is 0.356 e. The number of benzene rings is 2. The van der Waals surface area contributed by atoms with Gasteiger partial charge in [-0.2, -0.15) is 0 Å². The third-order valence-electron chi connectivity index (χ3n) is 3.70. The summed E-state index contributed by atoms with van der Waals surface area (Å²) in [6, 6.07) is 8.97. The van der Waals surface area contributed by atoms with Crippen LogP contribution in [0.5, 0.6) is 0 Å². The Balaban J connectivity index is 2.45. The Hall–Kier alpha value is -2.21. The molecule has 0 aliphatic carbocycles. The van der Waals surface area contributed by atoms with Gasteiger partial charge in [-0.3, -0.25) is 14.7 Å². The summed E-state index contributed by atoms with van der Waals surface area (Å²) >= 11 is 0. The van der Waals surface area contributed by atoms with Crippen molar-refractivity contribution in [1.82, 2.24) is 4.57 Å². The molecule has 0 spiro atoms. The predicted molar refractivity (Wildman–Crippen MR) is 83.5 cm³/mol. The van der Waals surface area contributed by atoms with Crippen molar-refractivity contribution in [2.24, 2.45) is 0 Å². The molecule has 0 atom stereocenters. The molecule has 0 bridgehead atoms. The highest BCUT2D eigenvalue weighted by Crippen LogP contribution is 2.37. The molecular weight excluding hydrogens is 307 g/mol. The molecule has 0 saturated carbocycles. The molecule has 2 N–H and O–H groups in total. The SMILES string of the molecule is CCn1c2ccc([N+](=O)[O-])cc2c2cc(P(=O)(O)O)ccc21. The van der Waals surface area contributed by atoms with E-state index in [2.05, 4.69) is 0 Å². The minimum Gasteiger partial charge on any atom is -0.341 e. The van der Waals surface area contributed by atoms with Gasteiger partial charge in [0.05, 0.1) is 10.2 Å². The fourth-order valence-electron chi connectivity index (χ4n) is 2.72. The summed E-state index contributed by atoms with van der Waals surface area (Å²) in [4.78, 5) is 29.1. The van der Waals surface area contributed by atoms with Crippen LogP contribution in [0.3, 0.4) is 0 Å². The Morgan fingerprint density at radius 1 is 1.14 bits per heavy atom. The Kier molecular flexibility index (Phi) is 3.29. The number of hydrogen-bond donors (Lipinski definition) is 2. The van der Waals surface area contributed by atoms with E-state index in [1.165, 1.54) is 24.3 Å². The standard InChI is InChI=1S/C14H13N2O5P/c1-2-15-13-5-3-9(16(17)18)7-11(13)12-8-10(22(19,20)21)4-6-14(12)15/h3-8H,2H2,1H3,(H2,19,20,21). The molecule has 0 amide bonds. The van der Waals surface area contributed by atoms with Gasteiger partial charge in [-0.1, -0.05) is 0 Å². The summed E-state index contributed by atoms with van der Waals surface area (Å²) in [5.41, 5.74) is 1.53. The van der Waals surface area contributed by atoms with Crippen LogP contribution in [0.2, 0.25) is 0 Å². The zero-order valence-corrected chi connectivity index (χ0v) is 12.5. The van der Waals surface area contributed by atoms with Crippen LogP contribution in [0, 0.1) is 10.1 Å². The number of non-ortho nitro benzene ring substituents is 1. The van der Waals surface area contributed by atoms with Gasteiger partial charge in [0, 0.05) is 40.5 Å². The molecule has 22 heavy (non-hydrogen) atoms. The van der Waals surface area contributed by atoms with Crippen molar-refractivity contribution in [1.29, 1.82) is 0 Å². The summed E-state index contributed by atoms with van der Waals surface area (Å²) in [5, 5.41) is 12.1. The normalized spacial score (nSPS) is 12.1. The van der Waals surface area contributed by atoms with E-state index in [1.54, 1.807) is 12.1 Å². The average molecular weight is 320 g/mol. The minimum absolute atomic E-state index is 0.0516. The van der Waals surface area contributed by atoms with E-state index in [9.17, 15) is 24.5 Å². The summed E-state index contributed by atoms with van der Waals surface area (Å²) in [6.45, 7) is 2.59. The highest BCUT2D eigenvalue weighted by molar-refractivity contribution is 7.60. The Morgan fingerprint density at radius 2 is 1.73 bits per heavy atom. The first-order valence-corrected chi connectivity index (χ1v) is 8.20. The molecule has 0 radical (unpaired) electrons. The van der Waals surface area contributed by atoms with Crippen molar-refractivity contribution in [3.05, 3.63) is 46.5 Å². The summed E-state index contributed by atoms with van der Waals surface area (Å²) in [5.74, 6) is 0.